The van der Waals surface area contributed by atoms with Crippen molar-refractivity contribution in [1.82, 2.24) is 0 Å². The van der Waals surface area contributed by atoms with E-state index >= 15 is 0 Å². The van der Waals surface area contributed by atoms with Gasteiger partial charge in [0.25, 0.3) is 0 Å². The Bertz CT molecular complexity index is 392. The molecule has 1 fully saturated rings. The average Bonchev–Trinajstić information content (AvgIpc) is 2.76. The van der Waals surface area contributed by atoms with Crippen molar-refractivity contribution in [3.05, 3.63) is 29.8 Å². The van der Waals surface area contributed by atoms with E-state index in [1.165, 1.54) is 37.0 Å². The molecule has 1 aliphatic carbocycles. The number of fused-ring (bicyclic) bond motifs is 1. The minimum absolute atomic E-state index is 0.422. The van der Waals surface area contributed by atoms with Crippen molar-refractivity contribution in [2.75, 3.05) is 0 Å². The van der Waals surface area contributed by atoms with Crippen molar-refractivity contribution in [2.24, 2.45) is 11.8 Å². The van der Waals surface area contributed by atoms with E-state index in [1.54, 1.807) is 5.56 Å². The Morgan fingerprint density at radius 2 is 2.11 bits per heavy atom. The molecule has 18 heavy (non-hydrogen) atoms. The Morgan fingerprint density at radius 1 is 1.28 bits per heavy atom. The second-order valence-electron chi connectivity index (χ2n) is 5.98. The summed E-state index contributed by atoms with van der Waals surface area (Å²) >= 11 is 8.60. The van der Waals surface area contributed by atoms with E-state index < -0.39 is 0 Å². The van der Waals surface area contributed by atoms with Crippen molar-refractivity contribution in [2.45, 2.75) is 54.6 Å². The van der Waals surface area contributed by atoms with Crippen molar-refractivity contribution < 1.29 is 0 Å². The lowest BCUT2D eigenvalue weighted by Gasteiger charge is -2.32. The lowest BCUT2D eigenvalue weighted by Crippen LogP contribution is -2.27. The fourth-order valence-electron chi connectivity index (χ4n) is 3.43. The molecule has 0 amide bonds. The van der Waals surface area contributed by atoms with Crippen LogP contribution in [0.1, 0.15) is 38.2 Å². The van der Waals surface area contributed by atoms with Crippen LogP contribution < -0.4 is 0 Å². The zero-order chi connectivity index (χ0) is 12.5. The van der Waals surface area contributed by atoms with E-state index in [0.717, 1.165) is 17.1 Å². The van der Waals surface area contributed by atoms with Gasteiger partial charge in [0.05, 0.1) is 0 Å². The van der Waals surface area contributed by atoms with Gasteiger partial charge in [-0.25, -0.2) is 0 Å². The molecule has 0 nitrogen and oxygen atoms in total. The normalized spacial score (nSPS) is 35.4. The summed E-state index contributed by atoms with van der Waals surface area (Å²) in [5, 5.41) is 1.18. The summed E-state index contributed by atoms with van der Waals surface area (Å²) in [5.74, 6) is 1.61. The van der Waals surface area contributed by atoms with E-state index in [1.807, 2.05) is 0 Å². The molecule has 1 heterocycles. The number of thioether (sulfide) groups is 1. The molecule has 2 aliphatic rings. The van der Waals surface area contributed by atoms with Crippen molar-refractivity contribution in [3.8, 4) is 0 Å². The average molecular weight is 281 g/mol. The molecule has 1 aliphatic heterocycles. The van der Waals surface area contributed by atoms with E-state index in [0.29, 0.717) is 5.38 Å². The fraction of sp³-hybridized carbons (Fsp3) is 0.625. The number of benzene rings is 1. The molecule has 4 unspecified atom stereocenters. The Morgan fingerprint density at radius 3 is 2.94 bits per heavy atom. The highest BCUT2D eigenvalue weighted by atomic mass is 35.5. The van der Waals surface area contributed by atoms with Gasteiger partial charge in [0.2, 0.25) is 0 Å². The second-order valence-corrected chi connectivity index (χ2v) is 7.88. The van der Waals surface area contributed by atoms with E-state index in [2.05, 4.69) is 43.0 Å². The molecule has 98 valence electrons. The standard InChI is InChI=1S/C16H21ClS/c1-11-6-7-15(17)13(8-11)10-14-9-12-4-2-3-5-16(12)18-14/h2-5,11,13-15H,6-10H2,1H3. The summed E-state index contributed by atoms with van der Waals surface area (Å²) in [4.78, 5) is 1.50. The van der Waals surface area contributed by atoms with Crippen LogP contribution in [0.25, 0.3) is 0 Å². The van der Waals surface area contributed by atoms with Crippen LogP contribution in [-0.2, 0) is 6.42 Å². The summed E-state index contributed by atoms with van der Waals surface area (Å²) in [7, 11) is 0. The van der Waals surface area contributed by atoms with Gasteiger partial charge in [-0.05, 0) is 55.6 Å². The van der Waals surface area contributed by atoms with Crippen LogP contribution in [0.2, 0.25) is 0 Å². The number of hydrogen-bond acceptors (Lipinski definition) is 1. The number of hydrogen-bond donors (Lipinski definition) is 0. The minimum atomic E-state index is 0.422. The third-order valence-corrected chi connectivity index (χ3v) is 6.35. The lowest BCUT2D eigenvalue weighted by molar-refractivity contribution is 0.274. The summed E-state index contributed by atoms with van der Waals surface area (Å²) in [5.41, 5.74) is 1.54. The van der Waals surface area contributed by atoms with Crippen LogP contribution in [0, 0.1) is 11.8 Å². The summed E-state index contributed by atoms with van der Waals surface area (Å²) in [6.45, 7) is 2.38. The highest BCUT2D eigenvalue weighted by Crippen LogP contribution is 2.43. The van der Waals surface area contributed by atoms with Crippen LogP contribution in [0.3, 0.4) is 0 Å². The van der Waals surface area contributed by atoms with Gasteiger partial charge in [0.15, 0.2) is 0 Å². The van der Waals surface area contributed by atoms with Crippen LogP contribution in [-0.4, -0.2) is 10.6 Å². The van der Waals surface area contributed by atoms with E-state index in [4.69, 9.17) is 11.6 Å². The highest BCUT2D eigenvalue weighted by Gasteiger charge is 2.31. The predicted octanol–water partition coefficient (Wildman–Crippen LogP) is 5.14. The van der Waals surface area contributed by atoms with Crippen LogP contribution in [0.5, 0.6) is 0 Å². The van der Waals surface area contributed by atoms with Gasteiger partial charge < -0.3 is 0 Å². The Balaban J connectivity index is 1.62. The maximum Gasteiger partial charge on any atom is 0.0364 e. The highest BCUT2D eigenvalue weighted by molar-refractivity contribution is 8.00. The van der Waals surface area contributed by atoms with Crippen molar-refractivity contribution in [3.63, 3.8) is 0 Å². The molecule has 0 aromatic heterocycles. The lowest BCUT2D eigenvalue weighted by atomic mass is 9.79. The first-order valence-corrected chi connectivity index (χ1v) is 8.42. The fourth-order valence-corrected chi connectivity index (χ4v) is 5.19. The molecule has 1 aromatic carbocycles. The Hall–Kier alpha value is -0.140. The molecule has 0 bridgehead atoms. The Labute approximate surface area is 119 Å². The largest absolute Gasteiger partial charge is 0.123 e. The Kier molecular flexibility index (Phi) is 3.91. The van der Waals surface area contributed by atoms with Gasteiger partial charge in [-0.1, -0.05) is 25.1 Å². The maximum absolute atomic E-state index is 6.53. The molecular weight excluding hydrogens is 260 g/mol. The molecule has 1 saturated carbocycles. The van der Waals surface area contributed by atoms with Gasteiger partial charge in [-0.2, -0.15) is 0 Å². The van der Waals surface area contributed by atoms with E-state index in [9.17, 15) is 0 Å². The molecule has 4 atom stereocenters. The quantitative estimate of drug-likeness (QED) is 0.676. The number of alkyl halides is 1. The van der Waals surface area contributed by atoms with Crippen LogP contribution in [0.4, 0.5) is 0 Å². The van der Waals surface area contributed by atoms with Gasteiger partial charge in [0, 0.05) is 15.5 Å². The minimum Gasteiger partial charge on any atom is -0.123 e. The van der Waals surface area contributed by atoms with Gasteiger partial charge in [0.1, 0.15) is 0 Å². The number of rotatable bonds is 2. The predicted molar refractivity (Wildman–Crippen MR) is 80.6 cm³/mol. The van der Waals surface area contributed by atoms with E-state index in [-0.39, 0.29) is 0 Å². The zero-order valence-corrected chi connectivity index (χ0v) is 12.5. The monoisotopic (exact) mass is 280 g/mol. The van der Waals surface area contributed by atoms with Crippen LogP contribution >= 0.6 is 23.4 Å². The summed E-state index contributed by atoms with van der Waals surface area (Å²) in [6.07, 6.45) is 6.43. The van der Waals surface area contributed by atoms with Crippen molar-refractivity contribution >= 4 is 23.4 Å². The van der Waals surface area contributed by atoms with Crippen LogP contribution in [0.15, 0.2) is 29.2 Å². The second kappa shape index (κ2) is 5.46. The third kappa shape index (κ3) is 2.72. The van der Waals surface area contributed by atoms with Gasteiger partial charge >= 0.3 is 0 Å². The van der Waals surface area contributed by atoms with Gasteiger partial charge in [-0.3, -0.25) is 0 Å². The maximum atomic E-state index is 6.53. The first kappa shape index (κ1) is 12.9. The van der Waals surface area contributed by atoms with Crippen molar-refractivity contribution in [1.29, 1.82) is 0 Å². The summed E-state index contributed by atoms with van der Waals surface area (Å²) in [6, 6.07) is 8.86. The molecule has 0 radical (unpaired) electrons. The third-order valence-electron chi connectivity index (χ3n) is 4.43. The smallest absolute Gasteiger partial charge is 0.0364 e. The summed E-state index contributed by atoms with van der Waals surface area (Å²) < 4.78 is 0. The first-order valence-electron chi connectivity index (χ1n) is 7.11. The SMILES string of the molecule is CC1CCC(Cl)C(CC2Cc3ccccc3S2)C1. The molecular formula is C16H21ClS. The molecule has 3 rings (SSSR count). The zero-order valence-electron chi connectivity index (χ0n) is 10.9. The first-order chi connectivity index (χ1) is 8.72. The van der Waals surface area contributed by atoms with Gasteiger partial charge in [-0.15, -0.1) is 23.4 Å². The molecule has 1 aromatic rings. The molecule has 0 saturated heterocycles. The molecule has 0 N–H and O–H groups in total. The molecule has 0 spiro atoms. The molecule has 2 heteroatoms. The topological polar surface area (TPSA) is 0 Å². The number of halogens is 1.